The van der Waals surface area contributed by atoms with Crippen LogP contribution in [-0.2, 0) is 17.1 Å². The van der Waals surface area contributed by atoms with Gasteiger partial charge in [0.15, 0.2) is 0 Å². The molecular weight excluding hydrogens is 442 g/mol. The number of quaternary nitrogens is 1. The second kappa shape index (κ2) is 8.87. The average molecular weight is 470 g/mol. The zero-order chi connectivity index (χ0) is 23.8. The van der Waals surface area contributed by atoms with Crippen molar-refractivity contribution >= 4 is 21.6 Å². The first-order valence-electron chi connectivity index (χ1n) is 10.7. The molecule has 2 heterocycles. The van der Waals surface area contributed by atoms with E-state index in [4.69, 9.17) is 0 Å². The van der Waals surface area contributed by atoms with E-state index >= 15 is 0 Å². The fourth-order valence-electron chi connectivity index (χ4n) is 3.90. The molecule has 0 aliphatic carbocycles. The Bertz CT molecular complexity index is 1340. The van der Waals surface area contributed by atoms with Crippen molar-refractivity contribution in [3.8, 4) is 5.69 Å². The number of carbonyl (C=O) groups excluding carboxylic acids is 1. The zero-order valence-corrected chi connectivity index (χ0v) is 19.7. The second-order valence-electron chi connectivity index (χ2n) is 8.25. The molecule has 1 N–H and O–H groups in total. The Kier molecular flexibility index (Phi) is 6.13. The molecule has 0 bridgehead atoms. The number of carbonyl (C=O) groups is 1. The van der Waals surface area contributed by atoms with E-state index in [9.17, 15) is 18.0 Å². The third-order valence-electron chi connectivity index (χ3n) is 6.02. The van der Waals surface area contributed by atoms with E-state index in [-0.39, 0.29) is 22.1 Å². The highest BCUT2D eigenvalue weighted by molar-refractivity contribution is 7.94. The molecule has 3 aromatic rings. The number of hydrogen-bond donors (Lipinski definition) is 1. The molecule has 33 heavy (non-hydrogen) atoms. The number of rotatable bonds is 5. The summed E-state index contributed by atoms with van der Waals surface area (Å²) in [5, 5.41) is 0. The fraction of sp³-hybridized carbons (Fsp3) is 0.304. The summed E-state index contributed by atoms with van der Waals surface area (Å²) < 4.78 is 33.0. The summed E-state index contributed by atoms with van der Waals surface area (Å²) in [6, 6.07) is 14.8. The normalized spacial score (nSPS) is 14.9. The van der Waals surface area contributed by atoms with Crippen LogP contribution in [0, 0.1) is 6.92 Å². The average Bonchev–Trinajstić information content (AvgIpc) is 3.02. The number of benzene rings is 2. The van der Waals surface area contributed by atoms with Crippen LogP contribution in [0.25, 0.3) is 10.4 Å². The molecule has 1 amide bonds. The number of hydrogen-bond acceptors (Lipinski definition) is 4. The van der Waals surface area contributed by atoms with E-state index in [0.717, 1.165) is 13.1 Å². The summed E-state index contributed by atoms with van der Waals surface area (Å²) in [7, 11) is -0.466. The third-order valence-corrected chi connectivity index (χ3v) is 7.29. The van der Waals surface area contributed by atoms with Gasteiger partial charge in [0.25, 0.3) is 11.5 Å². The van der Waals surface area contributed by atoms with Gasteiger partial charge in [-0.1, -0.05) is 24.3 Å². The maximum atomic E-state index is 13.1. The smallest absolute Gasteiger partial charge is 0.257 e. The van der Waals surface area contributed by atoms with Crippen LogP contribution in [0.1, 0.15) is 16.1 Å². The molecule has 1 fully saturated rings. The van der Waals surface area contributed by atoms with Gasteiger partial charge >= 0.3 is 0 Å². The van der Waals surface area contributed by atoms with E-state index in [1.165, 1.54) is 27.8 Å². The molecule has 0 saturated carbocycles. The molecule has 9 nitrogen and oxygen atoms in total. The number of nitrogens with zero attached hydrogens (tertiary/aromatic N) is 4. The van der Waals surface area contributed by atoms with Crippen LogP contribution in [0.5, 0.6) is 0 Å². The van der Waals surface area contributed by atoms with E-state index in [0.29, 0.717) is 24.5 Å². The van der Waals surface area contributed by atoms with Gasteiger partial charge < -0.3 is 14.5 Å². The molecule has 10 heteroatoms. The van der Waals surface area contributed by atoms with Crippen molar-refractivity contribution in [1.82, 2.24) is 14.3 Å². The van der Waals surface area contributed by atoms with Crippen LogP contribution >= 0.6 is 0 Å². The molecule has 1 aliphatic rings. The van der Waals surface area contributed by atoms with E-state index in [1.807, 2.05) is 6.07 Å². The Morgan fingerprint density at radius 1 is 1.03 bits per heavy atom. The Morgan fingerprint density at radius 2 is 1.70 bits per heavy atom. The molecule has 1 aromatic heterocycles. The Hall–Kier alpha value is -3.37. The predicted molar refractivity (Wildman–Crippen MR) is 125 cm³/mol. The number of likely N-dealkylation sites (N-methyl/N-ethyl adjacent to an activating group) is 1. The Balaban J connectivity index is 1.64. The molecule has 0 unspecified atom stereocenters. The first-order chi connectivity index (χ1) is 15.7. The third kappa shape index (κ3) is 4.44. The number of piperazine rings is 1. The minimum absolute atomic E-state index is 0.123. The van der Waals surface area contributed by atoms with Crippen LogP contribution in [0.3, 0.4) is 0 Å². The van der Waals surface area contributed by atoms with E-state index < -0.39 is 15.6 Å². The van der Waals surface area contributed by atoms with Crippen LogP contribution in [-0.4, -0.2) is 61.8 Å². The van der Waals surface area contributed by atoms with E-state index in [1.54, 1.807) is 53.9 Å². The number of sulfonamides is 1. The number of para-hydroxylation sites is 1. The zero-order valence-electron chi connectivity index (χ0n) is 18.9. The first-order valence-corrected chi connectivity index (χ1v) is 12.2. The molecule has 2 aromatic carbocycles. The monoisotopic (exact) mass is 469 g/mol. The van der Waals surface area contributed by atoms with E-state index in [2.05, 4.69) is 11.8 Å². The fourth-order valence-corrected chi connectivity index (χ4v) is 4.98. The van der Waals surface area contributed by atoms with Gasteiger partial charge in [0.2, 0.25) is 0 Å². The molecule has 0 radical (unpaired) electrons. The molecule has 174 valence electrons. The summed E-state index contributed by atoms with van der Waals surface area (Å²) in [6.07, 6.45) is 0. The number of aromatic nitrogens is 2. The summed E-state index contributed by atoms with van der Waals surface area (Å²) in [5.74, 6) is -0.207. The van der Waals surface area contributed by atoms with Gasteiger partial charge in [-0.2, -0.15) is 0 Å². The molecule has 1 saturated heterocycles. The minimum Gasteiger partial charge on any atom is -0.567 e. The van der Waals surface area contributed by atoms with Gasteiger partial charge in [-0.05, 0) is 42.9 Å². The van der Waals surface area contributed by atoms with Gasteiger partial charge in [-0.25, -0.2) is 13.1 Å². The lowest BCUT2D eigenvalue weighted by atomic mass is 10.2. The number of amides is 1. The Labute approximate surface area is 192 Å². The van der Waals surface area contributed by atoms with Crippen LogP contribution in [0.15, 0.2) is 64.3 Å². The highest BCUT2D eigenvalue weighted by Crippen LogP contribution is 2.29. The van der Waals surface area contributed by atoms with Crippen molar-refractivity contribution in [2.45, 2.75) is 11.8 Å². The summed E-state index contributed by atoms with van der Waals surface area (Å²) >= 11 is 0. The molecular formula is C23H27N5O4S. The highest BCUT2D eigenvalue weighted by atomic mass is 32.2. The van der Waals surface area contributed by atoms with Crippen molar-refractivity contribution in [1.29, 1.82) is 0 Å². The van der Waals surface area contributed by atoms with Gasteiger partial charge in [-0.3, -0.25) is 14.3 Å². The summed E-state index contributed by atoms with van der Waals surface area (Å²) in [5.41, 5.74) is 0.627. The lowest BCUT2D eigenvalue weighted by Crippen LogP contribution is -3.12. The molecule has 0 atom stereocenters. The second-order valence-corrected chi connectivity index (χ2v) is 9.86. The maximum absolute atomic E-state index is 13.1. The van der Waals surface area contributed by atoms with Crippen LogP contribution < -0.4 is 10.5 Å². The largest absolute Gasteiger partial charge is 0.567 e. The minimum atomic E-state index is -4.22. The predicted octanol–water partition coefficient (Wildman–Crippen LogP) is 0.849. The van der Waals surface area contributed by atoms with Crippen LogP contribution in [0.2, 0.25) is 0 Å². The van der Waals surface area contributed by atoms with Crippen molar-refractivity contribution < 1.29 is 18.1 Å². The van der Waals surface area contributed by atoms with Crippen molar-refractivity contribution in [3.63, 3.8) is 0 Å². The quantitative estimate of drug-likeness (QED) is 0.599. The van der Waals surface area contributed by atoms with Crippen molar-refractivity contribution in [2.75, 3.05) is 33.2 Å². The molecule has 1 aliphatic heterocycles. The maximum Gasteiger partial charge on any atom is 0.257 e. The van der Waals surface area contributed by atoms with Crippen molar-refractivity contribution in [2.24, 2.45) is 7.05 Å². The summed E-state index contributed by atoms with van der Waals surface area (Å²) in [6.45, 7) is 4.58. The van der Waals surface area contributed by atoms with Gasteiger partial charge in [0, 0.05) is 18.3 Å². The molecule has 0 spiro atoms. The lowest BCUT2D eigenvalue weighted by Gasteiger charge is -2.30. The van der Waals surface area contributed by atoms with Crippen LogP contribution in [0.4, 0.5) is 5.69 Å². The highest BCUT2D eigenvalue weighted by Gasteiger charge is 2.23. The standard InChI is InChI=1S/C23H26N5O4S/c1-17-21(23(30)28(26(17)3)19-9-5-4-6-10-19)24-33(31,32)20-11-7-8-18(16-20)22(29)27-14-12-25(2)13-15-27/h4-11,16H,12-15H2,1-3H3/q-1/p+1. The van der Waals surface area contributed by atoms with Gasteiger partial charge in [0.05, 0.1) is 43.8 Å². The summed E-state index contributed by atoms with van der Waals surface area (Å²) in [4.78, 5) is 28.9. The number of nitrogens with one attached hydrogen (secondary N) is 1. The topological polar surface area (TPSA) is 99.9 Å². The van der Waals surface area contributed by atoms with Gasteiger partial charge in [-0.15, -0.1) is 0 Å². The molecule has 4 rings (SSSR count). The first kappa shape index (κ1) is 22.8. The SMILES string of the molecule is Cc1c([N-]S(=O)(=O)c2cccc(C(=O)N3CC[NH+](C)CC3)c2)c(=O)n(-c2ccccc2)n1C. The Morgan fingerprint density at radius 3 is 2.36 bits per heavy atom. The van der Waals surface area contributed by atoms with Gasteiger partial charge in [0.1, 0.15) is 10.0 Å². The lowest BCUT2D eigenvalue weighted by molar-refractivity contribution is -0.883. The van der Waals surface area contributed by atoms with Crippen molar-refractivity contribution in [3.05, 3.63) is 80.9 Å².